The van der Waals surface area contributed by atoms with Crippen LogP contribution in [0.5, 0.6) is 5.19 Å². The molecular weight excluding hydrogens is 207 g/mol. The minimum atomic E-state index is -0.666. The molecule has 1 aromatic rings. The molecular formula is C5H6Cl2N2OS. The van der Waals surface area contributed by atoms with Crippen molar-refractivity contribution < 1.29 is 4.74 Å². The van der Waals surface area contributed by atoms with Crippen molar-refractivity contribution in [2.45, 2.75) is 11.8 Å². The smallest absolute Gasteiger partial charge is 0.293 e. The summed E-state index contributed by atoms with van der Waals surface area (Å²) in [5, 5.41) is 0.508. The lowest BCUT2D eigenvalue weighted by Crippen LogP contribution is -1.91. The van der Waals surface area contributed by atoms with Crippen LogP contribution in [0, 0.1) is 0 Å². The van der Waals surface area contributed by atoms with Gasteiger partial charge in [-0.3, -0.25) is 0 Å². The van der Waals surface area contributed by atoms with Crippen molar-refractivity contribution in [3.8, 4) is 5.19 Å². The maximum atomic E-state index is 5.51. The number of hydrogen-bond donors (Lipinski definition) is 0. The molecule has 62 valence electrons. The van der Waals surface area contributed by atoms with Crippen LogP contribution in [0.2, 0.25) is 0 Å². The van der Waals surface area contributed by atoms with E-state index < -0.39 is 4.84 Å². The van der Waals surface area contributed by atoms with E-state index in [1.807, 2.05) is 6.92 Å². The maximum Gasteiger partial charge on any atom is 0.293 e. The molecule has 0 aliphatic carbocycles. The Balaban J connectivity index is 2.66. The quantitative estimate of drug-likeness (QED) is 0.723. The zero-order valence-electron chi connectivity index (χ0n) is 5.75. The molecule has 0 aliphatic heterocycles. The Morgan fingerprint density at radius 1 is 1.64 bits per heavy atom. The predicted molar refractivity (Wildman–Crippen MR) is 45.5 cm³/mol. The first-order valence-corrected chi connectivity index (χ1v) is 4.63. The summed E-state index contributed by atoms with van der Waals surface area (Å²) in [6.45, 7) is 2.45. The molecule has 0 N–H and O–H groups in total. The highest BCUT2D eigenvalue weighted by atomic mass is 35.5. The van der Waals surface area contributed by atoms with Crippen LogP contribution in [-0.4, -0.2) is 16.0 Å². The van der Waals surface area contributed by atoms with E-state index in [0.29, 0.717) is 17.6 Å². The summed E-state index contributed by atoms with van der Waals surface area (Å²) in [5.74, 6) is 0.404. The van der Waals surface area contributed by atoms with Crippen molar-refractivity contribution in [3.63, 3.8) is 0 Å². The van der Waals surface area contributed by atoms with Gasteiger partial charge >= 0.3 is 0 Å². The van der Waals surface area contributed by atoms with Crippen LogP contribution in [-0.2, 0) is 0 Å². The number of nitrogens with zero attached hydrogens (tertiary/aromatic N) is 2. The second kappa shape index (κ2) is 4.09. The van der Waals surface area contributed by atoms with E-state index in [1.54, 1.807) is 0 Å². The number of hydrogen-bond acceptors (Lipinski definition) is 4. The zero-order chi connectivity index (χ0) is 8.27. The highest BCUT2D eigenvalue weighted by Gasteiger charge is 2.10. The van der Waals surface area contributed by atoms with Gasteiger partial charge in [-0.05, 0) is 6.92 Å². The molecule has 0 aliphatic rings. The van der Waals surface area contributed by atoms with Crippen molar-refractivity contribution in [1.29, 1.82) is 0 Å². The molecule has 0 unspecified atom stereocenters. The van der Waals surface area contributed by atoms with Crippen LogP contribution in [0.4, 0.5) is 0 Å². The third kappa shape index (κ3) is 2.47. The van der Waals surface area contributed by atoms with Gasteiger partial charge in [-0.1, -0.05) is 23.2 Å². The fourth-order valence-corrected chi connectivity index (χ4v) is 1.42. The van der Waals surface area contributed by atoms with E-state index in [2.05, 4.69) is 9.36 Å². The Morgan fingerprint density at radius 3 is 2.82 bits per heavy atom. The number of ether oxygens (including phenoxy) is 1. The van der Waals surface area contributed by atoms with Crippen molar-refractivity contribution in [2.24, 2.45) is 0 Å². The van der Waals surface area contributed by atoms with Crippen molar-refractivity contribution in [1.82, 2.24) is 9.36 Å². The van der Waals surface area contributed by atoms with Crippen LogP contribution >= 0.6 is 34.7 Å². The summed E-state index contributed by atoms with van der Waals surface area (Å²) in [4.78, 5) is 3.25. The molecule has 1 rings (SSSR count). The first-order chi connectivity index (χ1) is 5.24. The number of halogens is 2. The molecule has 0 radical (unpaired) electrons. The number of aromatic nitrogens is 2. The van der Waals surface area contributed by atoms with E-state index in [-0.39, 0.29) is 0 Å². The lowest BCUT2D eigenvalue weighted by atomic mass is 10.7. The third-order valence-electron chi connectivity index (χ3n) is 0.886. The predicted octanol–water partition coefficient (Wildman–Crippen LogP) is 2.41. The van der Waals surface area contributed by atoms with E-state index in [0.717, 1.165) is 11.5 Å². The largest absolute Gasteiger partial charge is 0.469 e. The topological polar surface area (TPSA) is 35.0 Å². The van der Waals surface area contributed by atoms with Gasteiger partial charge in [0.05, 0.1) is 6.61 Å². The average molecular weight is 213 g/mol. The summed E-state index contributed by atoms with van der Waals surface area (Å²) >= 11 is 12.2. The molecule has 0 amide bonds. The molecule has 1 aromatic heterocycles. The van der Waals surface area contributed by atoms with Gasteiger partial charge in [0.25, 0.3) is 5.19 Å². The number of rotatable bonds is 3. The highest BCUT2D eigenvalue weighted by Crippen LogP contribution is 2.25. The molecule has 0 bridgehead atoms. The monoisotopic (exact) mass is 212 g/mol. The molecule has 11 heavy (non-hydrogen) atoms. The second-order valence-electron chi connectivity index (χ2n) is 1.65. The fraction of sp³-hybridized carbons (Fsp3) is 0.600. The number of alkyl halides is 2. The Labute approximate surface area is 78.5 Å². The Bertz CT molecular complexity index is 228. The summed E-state index contributed by atoms with van der Waals surface area (Å²) in [7, 11) is 0. The molecule has 0 aromatic carbocycles. The zero-order valence-corrected chi connectivity index (χ0v) is 8.08. The maximum absolute atomic E-state index is 5.51. The van der Waals surface area contributed by atoms with Gasteiger partial charge in [-0.15, -0.1) is 0 Å². The van der Waals surface area contributed by atoms with E-state index >= 15 is 0 Å². The Morgan fingerprint density at radius 2 is 2.36 bits per heavy atom. The second-order valence-corrected chi connectivity index (χ2v) is 3.46. The van der Waals surface area contributed by atoms with Crippen LogP contribution < -0.4 is 4.74 Å². The molecule has 0 atom stereocenters. The van der Waals surface area contributed by atoms with Gasteiger partial charge in [-0.2, -0.15) is 9.36 Å². The van der Waals surface area contributed by atoms with Crippen LogP contribution in [0.25, 0.3) is 0 Å². The van der Waals surface area contributed by atoms with Crippen molar-refractivity contribution in [2.75, 3.05) is 6.61 Å². The van der Waals surface area contributed by atoms with E-state index in [1.165, 1.54) is 0 Å². The lowest BCUT2D eigenvalue weighted by molar-refractivity contribution is 0.337. The molecule has 0 saturated carbocycles. The minimum absolute atomic E-state index is 0.404. The van der Waals surface area contributed by atoms with Gasteiger partial charge in [0, 0.05) is 11.5 Å². The van der Waals surface area contributed by atoms with E-state index in [4.69, 9.17) is 27.9 Å². The summed E-state index contributed by atoms with van der Waals surface area (Å²) < 4.78 is 8.94. The third-order valence-corrected chi connectivity index (χ3v) is 1.92. The van der Waals surface area contributed by atoms with Gasteiger partial charge in [0.2, 0.25) is 0 Å². The molecule has 0 spiro atoms. The van der Waals surface area contributed by atoms with Crippen molar-refractivity contribution >= 4 is 34.7 Å². The Hall–Kier alpha value is -0.0600. The lowest BCUT2D eigenvalue weighted by Gasteiger charge is -1.93. The first kappa shape index (κ1) is 9.03. The minimum Gasteiger partial charge on any atom is -0.469 e. The van der Waals surface area contributed by atoms with Gasteiger partial charge in [0.1, 0.15) is 0 Å². The van der Waals surface area contributed by atoms with Gasteiger partial charge in [-0.25, -0.2) is 0 Å². The molecule has 1 heterocycles. The van der Waals surface area contributed by atoms with Gasteiger partial charge < -0.3 is 4.74 Å². The Kier molecular flexibility index (Phi) is 3.36. The molecule has 0 saturated heterocycles. The van der Waals surface area contributed by atoms with Gasteiger partial charge in [0.15, 0.2) is 10.7 Å². The fourth-order valence-electron chi connectivity index (χ4n) is 0.491. The van der Waals surface area contributed by atoms with Crippen LogP contribution in [0.1, 0.15) is 17.6 Å². The summed E-state index contributed by atoms with van der Waals surface area (Å²) in [6, 6.07) is 0. The molecule has 0 fully saturated rings. The summed E-state index contributed by atoms with van der Waals surface area (Å²) in [5.41, 5.74) is 0. The highest BCUT2D eigenvalue weighted by molar-refractivity contribution is 7.07. The standard InChI is InChI=1S/C5H6Cl2N2OS/c1-2-10-5-8-4(3(6)7)9-11-5/h3H,2H2,1H3. The SMILES string of the molecule is CCOc1nc(C(Cl)Cl)ns1. The normalized spacial score (nSPS) is 10.5. The first-order valence-electron chi connectivity index (χ1n) is 2.98. The molecule has 6 heteroatoms. The van der Waals surface area contributed by atoms with Crippen molar-refractivity contribution in [3.05, 3.63) is 5.82 Å². The van der Waals surface area contributed by atoms with Crippen LogP contribution in [0.15, 0.2) is 0 Å². The van der Waals surface area contributed by atoms with E-state index in [9.17, 15) is 0 Å². The molecule has 3 nitrogen and oxygen atoms in total. The average Bonchev–Trinajstić information content (AvgIpc) is 2.37. The summed E-state index contributed by atoms with van der Waals surface area (Å²) in [6.07, 6.45) is 0. The van der Waals surface area contributed by atoms with Crippen LogP contribution in [0.3, 0.4) is 0 Å².